The Bertz CT molecular complexity index is 138. The van der Waals surface area contributed by atoms with Crippen molar-refractivity contribution in [2.75, 3.05) is 11.5 Å². The first-order valence-corrected chi connectivity index (χ1v) is 4.57. The van der Waals surface area contributed by atoms with Crippen molar-refractivity contribution in [1.29, 1.82) is 0 Å². The molecule has 0 rings (SSSR count). The van der Waals surface area contributed by atoms with Gasteiger partial charge < -0.3 is 11.5 Å². The van der Waals surface area contributed by atoms with Gasteiger partial charge in [-0.15, -0.1) is 6.58 Å². The quantitative estimate of drug-likeness (QED) is 0.443. The van der Waals surface area contributed by atoms with Crippen molar-refractivity contribution in [2.24, 2.45) is 11.5 Å². The summed E-state index contributed by atoms with van der Waals surface area (Å²) in [6.07, 6.45) is 2.47. The Kier molecular flexibility index (Phi) is 5.97. The Morgan fingerprint density at radius 1 is 1.73 bits per heavy atom. The summed E-state index contributed by atoms with van der Waals surface area (Å²) in [5.74, 6) is 1.32. The van der Waals surface area contributed by atoms with Gasteiger partial charge in [-0.05, 0) is 12.2 Å². The van der Waals surface area contributed by atoms with E-state index in [0.717, 1.165) is 11.5 Å². The van der Waals surface area contributed by atoms with E-state index in [2.05, 4.69) is 6.58 Å². The summed E-state index contributed by atoms with van der Waals surface area (Å²) in [6.45, 7) is 3.57. The molecule has 0 radical (unpaired) electrons. The molecule has 1 amide bonds. The first kappa shape index (κ1) is 10.5. The Labute approximate surface area is 71.2 Å². The number of primary amides is 1. The molecule has 0 bridgehead atoms. The van der Waals surface area contributed by atoms with Crippen molar-refractivity contribution < 1.29 is 4.79 Å². The second-order valence-electron chi connectivity index (χ2n) is 2.16. The first-order valence-electron chi connectivity index (χ1n) is 3.42. The van der Waals surface area contributed by atoms with Gasteiger partial charge in [-0.25, -0.2) is 0 Å². The van der Waals surface area contributed by atoms with Gasteiger partial charge >= 0.3 is 0 Å². The fourth-order valence-electron chi connectivity index (χ4n) is 0.519. The van der Waals surface area contributed by atoms with E-state index in [1.165, 1.54) is 0 Å². The van der Waals surface area contributed by atoms with Gasteiger partial charge in [0.15, 0.2) is 0 Å². The van der Waals surface area contributed by atoms with Gasteiger partial charge in [0.1, 0.15) is 0 Å². The molecule has 0 unspecified atom stereocenters. The highest BCUT2D eigenvalue weighted by Crippen LogP contribution is 2.03. The zero-order valence-electron chi connectivity index (χ0n) is 6.45. The van der Waals surface area contributed by atoms with Crippen molar-refractivity contribution in [3.8, 4) is 0 Å². The van der Waals surface area contributed by atoms with Crippen molar-refractivity contribution in [1.82, 2.24) is 0 Å². The van der Waals surface area contributed by atoms with Crippen LogP contribution in [0.1, 0.15) is 6.42 Å². The number of hydrogen-bond donors (Lipinski definition) is 2. The maximum atomic E-state index is 10.4. The van der Waals surface area contributed by atoms with Crippen LogP contribution in [0.15, 0.2) is 12.7 Å². The molecule has 4 heteroatoms. The molecule has 0 saturated carbocycles. The van der Waals surface area contributed by atoms with Crippen molar-refractivity contribution in [2.45, 2.75) is 12.5 Å². The van der Waals surface area contributed by atoms with Crippen LogP contribution in [0, 0.1) is 0 Å². The van der Waals surface area contributed by atoms with E-state index >= 15 is 0 Å². The summed E-state index contributed by atoms with van der Waals surface area (Å²) >= 11 is 1.69. The summed E-state index contributed by atoms with van der Waals surface area (Å²) in [6, 6.07) is -0.493. The van der Waals surface area contributed by atoms with Crippen LogP contribution < -0.4 is 11.5 Å². The standard InChI is InChI=1S/C7H14N2OS/c1-2-4-11-5-3-6(8)7(9)10/h2,6H,1,3-5,8H2,(H2,9,10)/t6-/m1/s1. The number of rotatable bonds is 6. The van der Waals surface area contributed by atoms with Crippen molar-refractivity contribution in [3.05, 3.63) is 12.7 Å². The molecule has 0 saturated heterocycles. The average molecular weight is 174 g/mol. The molecular weight excluding hydrogens is 160 g/mol. The molecule has 0 aromatic heterocycles. The van der Waals surface area contributed by atoms with Gasteiger partial charge in [0.05, 0.1) is 6.04 Å². The SMILES string of the molecule is C=CCSCC[C@@H](N)C(N)=O. The molecule has 0 aliphatic carbocycles. The second kappa shape index (κ2) is 6.24. The summed E-state index contributed by atoms with van der Waals surface area (Å²) in [4.78, 5) is 10.4. The fourth-order valence-corrected chi connectivity index (χ4v) is 1.27. The lowest BCUT2D eigenvalue weighted by Crippen LogP contribution is -2.36. The fraction of sp³-hybridized carbons (Fsp3) is 0.571. The third-order valence-corrected chi connectivity index (χ3v) is 2.17. The Morgan fingerprint density at radius 2 is 2.36 bits per heavy atom. The lowest BCUT2D eigenvalue weighted by molar-refractivity contribution is -0.119. The van der Waals surface area contributed by atoms with Crippen LogP contribution in [0.5, 0.6) is 0 Å². The Hall–Kier alpha value is -0.480. The molecule has 11 heavy (non-hydrogen) atoms. The van der Waals surface area contributed by atoms with Gasteiger partial charge in [0, 0.05) is 5.75 Å². The first-order chi connectivity index (χ1) is 5.18. The lowest BCUT2D eigenvalue weighted by atomic mass is 10.2. The normalized spacial score (nSPS) is 12.5. The topological polar surface area (TPSA) is 69.1 Å². The van der Waals surface area contributed by atoms with E-state index in [4.69, 9.17) is 11.5 Å². The maximum absolute atomic E-state index is 10.4. The zero-order valence-corrected chi connectivity index (χ0v) is 7.27. The molecule has 0 aliphatic rings. The van der Waals surface area contributed by atoms with E-state index < -0.39 is 11.9 Å². The van der Waals surface area contributed by atoms with Crippen LogP contribution in [0.3, 0.4) is 0 Å². The molecule has 3 nitrogen and oxygen atoms in total. The Balaban J connectivity index is 3.24. The van der Waals surface area contributed by atoms with Gasteiger partial charge in [0.2, 0.25) is 5.91 Å². The van der Waals surface area contributed by atoms with Crippen LogP contribution in [-0.4, -0.2) is 23.5 Å². The van der Waals surface area contributed by atoms with E-state index in [-0.39, 0.29) is 0 Å². The van der Waals surface area contributed by atoms with E-state index in [1.54, 1.807) is 11.8 Å². The van der Waals surface area contributed by atoms with E-state index in [1.807, 2.05) is 6.08 Å². The molecule has 0 aromatic carbocycles. The zero-order chi connectivity index (χ0) is 8.69. The number of hydrogen-bond acceptors (Lipinski definition) is 3. The molecule has 0 spiro atoms. The number of nitrogens with two attached hydrogens (primary N) is 2. The van der Waals surface area contributed by atoms with Gasteiger partial charge in [-0.1, -0.05) is 6.08 Å². The molecule has 0 aromatic rings. The van der Waals surface area contributed by atoms with Crippen molar-refractivity contribution in [3.63, 3.8) is 0 Å². The minimum atomic E-state index is -0.493. The average Bonchev–Trinajstić information content (AvgIpc) is 1.97. The van der Waals surface area contributed by atoms with Crippen LogP contribution in [0.2, 0.25) is 0 Å². The molecular formula is C7H14N2OS. The third-order valence-electron chi connectivity index (χ3n) is 1.17. The lowest BCUT2D eigenvalue weighted by Gasteiger charge is -2.04. The highest BCUT2D eigenvalue weighted by Gasteiger charge is 2.07. The molecule has 4 N–H and O–H groups in total. The summed E-state index contributed by atoms with van der Waals surface area (Å²) < 4.78 is 0. The number of amides is 1. The minimum absolute atomic E-state index is 0.427. The van der Waals surface area contributed by atoms with Gasteiger partial charge in [0.25, 0.3) is 0 Å². The molecule has 1 atom stereocenters. The maximum Gasteiger partial charge on any atom is 0.234 e. The number of thioether (sulfide) groups is 1. The summed E-state index contributed by atoms with van der Waals surface area (Å²) in [7, 11) is 0. The predicted octanol–water partition coefficient (Wildman–Crippen LogP) is 0.108. The van der Waals surface area contributed by atoms with E-state index in [0.29, 0.717) is 6.42 Å². The molecule has 0 aliphatic heterocycles. The Morgan fingerprint density at radius 3 is 2.82 bits per heavy atom. The van der Waals surface area contributed by atoms with Crippen LogP contribution in [0.4, 0.5) is 0 Å². The van der Waals surface area contributed by atoms with Crippen LogP contribution >= 0.6 is 11.8 Å². The third kappa shape index (κ3) is 5.94. The minimum Gasteiger partial charge on any atom is -0.368 e. The highest BCUT2D eigenvalue weighted by atomic mass is 32.2. The van der Waals surface area contributed by atoms with E-state index in [9.17, 15) is 4.79 Å². The monoisotopic (exact) mass is 174 g/mol. The van der Waals surface area contributed by atoms with Gasteiger partial charge in [-0.2, -0.15) is 11.8 Å². The smallest absolute Gasteiger partial charge is 0.234 e. The number of carbonyl (C=O) groups is 1. The van der Waals surface area contributed by atoms with Crippen LogP contribution in [0.25, 0.3) is 0 Å². The van der Waals surface area contributed by atoms with Crippen LogP contribution in [-0.2, 0) is 4.79 Å². The van der Waals surface area contributed by atoms with Crippen molar-refractivity contribution >= 4 is 17.7 Å². The molecule has 64 valence electrons. The number of carbonyl (C=O) groups excluding carboxylic acids is 1. The predicted molar refractivity (Wildman–Crippen MR) is 49.3 cm³/mol. The molecule has 0 heterocycles. The largest absolute Gasteiger partial charge is 0.368 e. The second-order valence-corrected chi connectivity index (χ2v) is 3.31. The summed E-state index contributed by atoms with van der Waals surface area (Å²) in [5, 5.41) is 0. The van der Waals surface area contributed by atoms with Gasteiger partial charge in [-0.3, -0.25) is 4.79 Å². The molecule has 0 fully saturated rings. The summed E-state index contributed by atoms with van der Waals surface area (Å²) in [5.41, 5.74) is 10.3. The highest BCUT2D eigenvalue weighted by molar-refractivity contribution is 7.99.